The Hall–Kier alpha value is -6.58. The lowest BCUT2D eigenvalue weighted by atomic mass is 9.90. The fraction of sp³-hybridized carbons (Fsp3) is 0.292. The molecule has 7 aromatic heterocycles. The van der Waals surface area contributed by atoms with Crippen molar-refractivity contribution in [1.29, 1.82) is 0 Å². The number of anilines is 1. The van der Waals surface area contributed by atoms with E-state index in [0.29, 0.717) is 79.5 Å². The Labute approximate surface area is 441 Å². The van der Waals surface area contributed by atoms with Crippen LogP contribution in [-0.4, -0.2) is 90.1 Å². The van der Waals surface area contributed by atoms with Crippen LogP contribution in [0.3, 0.4) is 0 Å². The number of nitrogens with zero attached hydrogens (tertiary/aromatic N) is 7. The van der Waals surface area contributed by atoms with Gasteiger partial charge in [-0.25, -0.2) is 34.9 Å². The molecular weight excluding hydrogens is 1050 g/mol. The van der Waals surface area contributed by atoms with Crippen LogP contribution in [0.25, 0.3) is 43.4 Å². The van der Waals surface area contributed by atoms with Gasteiger partial charge in [-0.05, 0) is 30.5 Å². The molecule has 25 heteroatoms. The average Bonchev–Trinajstić information content (AvgIpc) is 4.26. The number of nitrogens with one attached hydrogen (secondary N) is 4. The van der Waals surface area contributed by atoms with Crippen molar-refractivity contribution in [2.75, 3.05) is 26.4 Å². The number of ketones is 1. The Bertz CT molecular complexity index is 3340. The molecule has 1 aromatic carbocycles. The molecule has 0 saturated heterocycles. The maximum atomic E-state index is 14.3. The highest BCUT2D eigenvalue weighted by molar-refractivity contribution is 7.15. The lowest BCUT2D eigenvalue weighted by Gasteiger charge is -2.23. The number of thiazole rings is 6. The van der Waals surface area contributed by atoms with E-state index in [9.17, 15) is 29.1 Å². The number of pyridine rings is 1. The summed E-state index contributed by atoms with van der Waals surface area (Å²) in [6, 6.07) is 10.5. The zero-order valence-corrected chi connectivity index (χ0v) is 44.5. The largest absolute Gasteiger partial charge is 0.386 e. The second-order valence-corrected chi connectivity index (χ2v) is 22.8. The van der Waals surface area contributed by atoms with Crippen molar-refractivity contribution in [3.05, 3.63) is 111 Å². The van der Waals surface area contributed by atoms with Crippen LogP contribution in [0.15, 0.2) is 64.0 Å². The Balaban J connectivity index is 1.13. The van der Waals surface area contributed by atoms with E-state index in [1.165, 1.54) is 82.2 Å². The predicted molar refractivity (Wildman–Crippen MR) is 283 cm³/mol. The lowest BCUT2D eigenvalue weighted by Crippen LogP contribution is -2.40. The minimum Gasteiger partial charge on any atom is -0.386 e. The number of Topliss-reactive ketones (excluding diaryl/α,β-unsaturated/α-hetero) is 1. The number of carbonyl (C=O) groups is 5. The van der Waals surface area contributed by atoms with Crippen molar-refractivity contribution >= 4 is 103 Å². The van der Waals surface area contributed by atoms with Crippen molar-refractivity contribution < 1.29 is 33.8 Å². The van der Waals surface area contributed by atoms with Gasteiger partial charge in [0.2, 0.25) is 11.8 Å². The summed E-state index contributed by atoms with van der Waals surface area (Å²) in [5, 5.41) is 32.7. The maximum Gasteiger partial charge on any atom is 0.271 e. The molecule has 376 valence electrons. The first-order chi connectivity index (χ1) is 35.2. The van der Waals surface area contributed by atoms with E-state index in [-0.39, 0.29) is 54.1 Å². The van der Waals surface area contributed by atoms with Crippen molar-refractivity contribution in [2.24, 2.45) is 5.92 Å². The first kappa shape index (κ1) is 51.3. The molecule has 8 heterocycles. The second-order valence-electron chi connectivity index (χ2n) is 17.0. The van der Waals surface area contributed by atoms with Gasteiger partial charge in [-0.2, -0.15) is 0 Å². The number of aromatic nitrogens is 7. The number of ether oxygens (including phenoxy) is 1. The highest BCUT2D eigenvalue weighted by Crippen LogP contribution is 2.40. The molecule has 1 aliphatic rings. The van der Waals surface area contributed by atoms with Crippen molar-refractivity contribution in [3.63, 3.8) is 0 Å². The van der Waals surface area contributed by atoms with Crippen LogP contribution in [0.1, 0.15) is 113 Å². The normalized spacial score (nSPS) is 17.2. The number of hydrogen-bond donors (Lipinski definition) is 6. The number of rotatable bonds is 8. The molecular formula is C48H46N12O7S6. The van der Waals surface area contributed by atoms with Gasteiger partial charge in [-0.15, -0.1) is 68.0 Å². The van der Waals surface area contributed by atoms with Crippen LogP contribution < -0.4 is 27.0 Å². The number of aliphatic hydroxyl groups is 1. The van der Waals surface area contributed by atoms with Gasteiger partial charge < -0.3 is 36.8 Å². The van der Waals surface area contributed by atoms with Gasteiger partial charge in [0.25, 0.3) is 11.8 Å². The Morgan fingerprint density at radius 2 is 1.48 bits per heavy atom. The van der Waals surface area contributed by atoms with Gasteiger partial charge in [0.05, 0.1) is 41.2 Å². The van der Waals surface area contributed by atoms with Crippen LogP contribution in [0.4, 0.5) is 5.82 Å². The van der Waals surface area contributed by atoms with E-state index in [1.807, 2.05) is 31.4 Å². The number of hydrogen-bond acceptors (Lipinski definition) is 21. The van der Waals surface area contributed by atoms with Gasteiger partial charge in [-0.3, -0.25) is 24.0 Å². The smallest absolute Gasteiger partial charge is 0.271 e. The Kier molecular flexibility index (Phi) is 15.7. The highest BCUT2D eigenvalue weighted by Gasteiger charge is 2.33. The molecule has 4 unspecified atom stereocenters. The van der Waals surface area contributed by atoms with Crippen LogP contribution >= 0.6 is 68.0 Å². The van der Waals surface area contributed by atoms with Crippen LogP contribution in [-0.2, 0) is 20.9 Å². The summed E-state index contributed by atoms with van der Waals surface area (Å²) in [6.45, 7) is 5.24. The molecule has 4 amide bonds. The first-order valence-corrected chi connectivity index (χ1v) is 27.7. The number of aliphatic hydroxyl groups excluding tert-OH is 1. The average molecular weight is 1100 g/mol. The number of aryl methyl sites for hydroxylation is 1. The molecule has 8 aromatic rings. The predicted octanol–water partition coefficient (Wildman–Crippen LogP) is 7.78. The molecule has 0 fully saturated rings. The molecule has 73 heavy (non-hydrogen) atoms. The number of benzene rings is 1. The van der Waals surface area contributed by atoms with Gasteiger partial charge >= 0.3 is 0 Å². The van der Waals surface area contributed by atoms with Crippen LogP contribution in [0.2, 0.25) is 0 Å². The highest BCUT2D eigenvalue weighted by atomic mass is 32.1. The Morgan fingerprint density at radius 1 is 0.767 bits per heavy atom. The molecule has 0 aliphatic carbocycles. The van der Waals surface area contributed by atoms with E-state index in [0.717, 1.165) is 0 Å². The van der Waals surface area contributed by atoms with Gasteiger partial charge in [0, 0.05) is 58.5 Å². The molecule has 4 atom stereocenters. The standard InChI is InChI=1S/C48H46N12O7S6/c1-21(2)25-13-31(61)36-22(3)72-47(59-36)27(14-34(62)50-4)53-41(65)29-18-68-43(55-29)24-11-12-26(45-57-33(49)20-71-45)52-37(24)28-17-69-46(54-28)30-19-70-48(56-30)39(40(64)23-9-7-6-8-10-23)58-35(63)15-51-42(66)38-32(16-67-5)73-44(25)60-38/h6-12,17-21,25,27,39-40,64H,13-16,49H2,1-5H3,(H,50,62)(H,51,66)(H,53,65)(H,58,63). The van der Waals surface area contributed by atoms with Crippen LogP contribution in [0, 0.1) is 12.8 Å². The van der Waals surface area contributed by atoms with Crippen molar-refractivity contribution in [2.45, 2.75) is 64.3 Å². The zero-order valence-electron chi connectivity index (χ0n) is 39.6. The number of nitrogen functional groups attached to an aromatic ring is 1. The summed E-state index contributed by atoms with van der Waals surface area (Å²) < 4.78 is 5.46. The van der Waals surface area contributed by atoms with E-state index in [1.54, 1.807) is 53.4 Å². The number of nitrogens with two attached hydrogens (primary N) is 1. The molecule has 1 aliphatic heterocycles. The monoisotopic (exact) mass is 1090 g/mol. The summed E-state index contributed by atoms with van der Waals surface area (Å²) in [5.74, 6) is -2.66. The molecule has 19 nitrogen and oxygen atoms in total. The van der Waals surface area contributed by atoms with Crippen LogP contribution in [0.5, 0.6) is 0 Å². The van der Waals surface area contributed by atoms with Gasteiger partial charge in [0.1, 0.15) is 77.2 Å². The fourth-order valence-electron chi connectivity index (χ4n) is 7.85. The van der Waals surface area contributed by atoms with E-state index in [2.05, 4.69) is 26.3 Å². The molecule has 0 radical (unpaired) electrons. The molecule has 7 N–H and O–H groups in total. The maximum absolute atomic E-state index is 14.3. The van der Waals surface area contributed by atoms with Gasteiger partial charge in [0.15, 0.2) is 5.78 Å². The number of fused-ring (bicyclic) bond motifs is 14. The lowest BCUT2D eigenvalue weighted by molar-refractivity contribution is -0.122. The molecule has 9 rings (SSSR count). The SMILES string of the molecule is CNC(=O)CC1NC(=O)c2csc(n2)-c2ccc(-c3nc(N)cs3)nc2-c2csc(n2)-c2csc(n2)C(C(O)c2ccccc2)NC(=O)CNC(=O)c2nc(sc2COC)C(C(C)C)CC(=O)c2nc1sc2C. The van der Waals surface area contributed by atoms with Crippen molar-refractivity contribution in [1.82, 2.24) is 56.2 Å². The third kappa shape index (κ3) is 11.3. The fourth-order valence-corrected chi connectivity index (χ4v) is 13.4. The van der Waals surface area contributed by atoms with E-state index < -0.39 is 48.4 Å². The first-order valence-electron chi connectivity index (χ1n) is 22.6. The van der Waals surface area contributed by atoms with Crippen molar-refractivity contribution in [3.8, 4) is 43.4 Å². The van der Waals surface area contributed by atoms with E-state index in [4.69, 9.17) is 40.4 Å². The summed E-state index contributed by atoms with van der Waals surface area (Å²) in [6.07, 6.45) is -1.41. The molecule has 0 spiro atoms. The Morgan fingerprint density at radius 3 is 2.22 bits per heavy atom. The summed E-state index contributed by atoms with van der Waals surface area (Å²) in [5.41, 5.74) is 9.36. The minimum absolute atomic E-state index is 0.0133. The number of methoxy groups -OCH3 is 1. The summed E-state index contributed by atoms with van der Waals surface area (Å²) >= 11 is 7.53. The number of amides is 4. The number of carbonyl (C=O) groups excluding carboxylic acids is 5. The quantitative estimate of drug-likeness (QED) is 0.0847. The molecule has 10 bridgehead atoms. The third-order valence-electron chi connectivity index (χ3n) is 11.6. The third-order valence-corrected chi connectivity index (χ3v) is 17.4. The molecule has 0 saturated carbocycles. The minimum atomic E-state index is -1.23. The zero-order chi connectivity index (χ0) is 51.5. The summed E-state index contributed by atoms with van der Waals surface area (Å²) in [4.78, 5) is 104. The van der Waals surface area contributed by atoms with Gasteiger partial charge in [-0.1, -0.05) is 44.2 Å². The van der Waals surface area contributed by atoms with E-state index >= 15 is 0 Å². The second kappa shape index (κ2) is 22.3. The summed E-state index contributed by atoms with van der Waals surface area (Å²) in [7, 11) is 2.99. The topological polar surface area (TPSA) is 279 Å².